The molecule has 0 radical (unpaired) electrons. The molecule has 3 amide bonds. The Bertz CT molecular complexity index is 2180. The SMILES string of the molecule is CCOc1cc(C2c3sc(=O)[nH]c3SC3C(=O)N(c4cccc(C(F)(F)F)c4)C(=O)C32)ccc1OCC(=O)Nc1cccc2ccccc12. The monoisotopic (exact) mass is 705 g/mol. The fourth-order valence-electron chi connectivity index (χ4n) is 6.22. The van der Waals surface area contributed by atoms with Crippen molar-refractivity contribution >= 4 is 63.0 Å². The molecule has 0 aliphatic carbocycles. The third-order valence-corrected chi connectivity index (χ3v) is 10.7. The van der Waals surface area contributed by atoms with Crippen LogP contribution >= 0.6 is 23.1 Å². The van der Waals surface area contributed by atoms with Crippen LogP contribution < -0.4 is 24.6 Å². The smallest absolute Gasteiger partial charge is 0.416 e. The molecule has 0 saturated carbocycles. The summed E-state index contributed by atoms with van der Waals surface area (Å²) in [4.78, 5) is 56.8. The third kappa shape index (κ3) is 6.06. The van der Waals surface area contributed by atoms with Gasteiger partial charge >= 0.3 is 11.0 Å². The number of benzene rings is 4. The van der Waals surface area contributed by atoms with E-state index in [9.17, 15) is 32.3 Å². The normalized spacial score (nSPS) is 18.7. The molecule has 1 fully saturated rings. The second-order valence-corrected chi connectivity index (χ2v) is 13.5. The number of thioether (sulfide) groups is 1. The Hall–Kier alpha value is -5.08. The number of hydrogen-bond acceptors (Lipinski definition) is 8. The van der Waals surface area contributed by atoms with Crippen LogP contribution in [-0.4, -0.2) is 41.2 Å². The summed E-state index contributed by atoms with van der Waals surface area (Å²) >= 11 is 1.92. The molecule has 2 aliphatic rings. The van der Waals surface area contributed by atoms with Crippen molar-refractivity contribution in [2.24, 2.45) is 5.92 Å². The first-order valence-electron chi connectivity index (χ1n) is 15.2. The Morgan fingerprint density at radius 2 is 1.69 bits per heavy atom. The van der Waals surface area contributed by atoms with E-state index >= 15 is 0 Å². The van der Waals surface area contributed by atoms with Crippen LogP contribution in [0.3, 0.4) is 0 Å². The molecule has 250 valence electrons. The lowest BCUT2D eigenvalue weighted by Gasteiger charge is -2.30. The second kappa shape index (κ2) is 12.7. The molecule has 7 rings (SSSR count). The molecule has 3 heterocycles. The molecular formula is C35H26F3N3O6S2. The second-order valence-electron chi connectivity index (χ2n) is 11.3. The summed E-state index contributed by atoms with van der Waals surface area (Å²) in [5, 5.41) is 4.12. The summed E-state index contributed by atoms with van der Waals surface area (Å²) in [5.41, 5.74) is -0.0188. The van der Waals surface area contributed by atoms with Crippen LogP contribution in [0.25, 0.3) is 10.8 Å². The molecule has 49 heavy (non-hydrogen) atoms. The minimum atomic E-state index is -4.67. The highest BCUT2D eigenvalue weighted by Gasteiger charge is 2.56. The van der Waals surface area contributed by atoms with E-state index in [1.165, 1.54) is 6.07 Å². The highest BCUT2D eigenvalue weighted by Crippen LogP contribution is 2.54. The van der Waals surface area contributed by atoms with Gasteiger partial charge in [-0.1, -0.05) is 71.6 Å². The zero-order chi connectivity index (χ0) is 34.4. The van der Waals surface area contributed by atoms with Crippen molar-refractivity contribution in [3.63, 3.8) is 0 Å². The summed E-state index contributed by atoms with van der Waals surface area (Å²) in [6.07, 6.45) is -4.67. The van der Waals surface area contributed by atoms with Crippen molar-refractivity contribution in [1.82, 2.24) is 4.98 Å². The summed E-state index contributed by atoms with van der Waals surface area (Å²) in [6.45, 7) is 1.66. The van der Waals surface area contributed by atoms with Crippen LogP contribution in [0.2, 0.25) is 0 Å². The van der Waals surface area contributed by atoms with Gasteiger partial charge < -0.3 is 19.8 Å². The van der Waals surface area contributed by atoms with Crippen molar-refractivity contribution in [3.05, 3.63) is 111 Å². The van der Waals surface area contributed by atoms with Gasteiger partial charge in [0.2, 0.25) is 11.8 Å². The molecule has 4 aromatic carbocycles. The summed E-state index contributed by atoms with van der Waals surface area (Å²) < 4.78 is 52.3. The van der Waals surface area contributed by atoms with E-state index in [0.717, 1.165) is 57.0 Å². The van der Waals surface area contributed by atoms with Gasteiger partial charge in [-0.05, 0) is 54.3 Å². The number of rotatable bonds is 8. The molecule has 2 aliphatic heterocycles. The number of carbonyl (C=O) groups is 3. The Balaban J connectivity index is 1.19. The van der Waals surface area contributed by atoms with Crippen molar-refractivity contribution < 1.29 is 37.0 Å². The number of alkyl halides is 3. The lowest BCUT2D eigenvalue weighted by Crippen LogP contribution is -2.32. The van der Waals surface area contributed by atoms with E-state index in [1.807, 2.05) is 36.4 Å². The number of nitrogens with zero attached hydrogens (tertiary/aromatic N) is 1. The third-order valence-electron chi connectivity index (χ3n) is 8.30. The number of thiazole rings is 1. The number of carbonyl (C=O) groups excluding carboxylic acids is 3. The lowest BCUT2D eigenvalue weighted by atomic mass is 9.83. The van der Waals surface area contributed by atoms with E-state index in [2.05, 4.69) is 10.3 Å². The number of amides is 3. The van der Waals surface area contributed by atoms with Crippen LogP contribution in [0, 0.1) is 5.92 Å². The number of aromatic amines is 1. The molecule has 3 unspecified atom stereocenters. The first-order chi connectivity index (χ1) is 23.5. The summed E-state index contributed by atoms with van der Waals surface area (Å²) in [6, 6.07) is 22.2. The molecule has 5 aromatic rings. The number of anilines is 2. The first-order valence-corrected chi connectivity index (χ1v) is 16.8. The van der Waals surface area contributed by atoms with E-state index in [4.69, 9.17) is 9.47 Å². The van der Waals surface area contributed by atoms with Gasteiger partial charge in [-0.15, -0.1) is 0 Å². The zero-order valence-corrected chi connectivity index (χ0v) is 27.2. The maximum atomic E-state index is 14.0. The number of ether oxygens (including phenoxy) is 2. The zero-order valence-electron chi connectivity index (χ0n) is 25.6. The minimum absolute atomic E-state index is 0.184. The van der Waals surface area contributed by atoms with Crippen LogP contribution in [0.15, 0.2) is 94.7 Å². The molecule has 3 atom stereocenters. The Morgan fingerprint density at radius 3 is 2.49 bits per heavy atom. The molecule has 0 bridgehead atoms. The van der Waals surface area contributed by atoms with Gasteiger partial charge in [-0.2, -0.15) is 13.2 Å². The van der Waals surface area contributed by atoms with Crippen molar-refractivity contribution in [3.8, 4) is 11.5 Å². The summed E-state index contributed by atoms with van der Waals surface area (Å²) in [5.74, 6) is -3.07. The number of hydrogen-bond donors (Lipinski definition) is 2. The molecule has 0 spiro atoms. The van der Waals surface area contributed by atoms with Gasteiger partial charge in [0.15, 0.2) is 18.1 Å². The van der Waals surface area contributed by atoms with E-state index < -0.39 is 46.5 Å². The average molecular weight is 706 g/mol. The van der Waals surface area contributed by atoms with E-state index in [-0.39, 0.29) is 35.3 Å². The fraction of sp³-hybridized carbons (Fsp3) is 0.200. The highest BCUT2D eigenvalue weighted by atomic mass is 32.2. The number of aromatic nitrogens is 1. The predicted octanol–water partition coefficient (Wildman–Crippen LogP) is 6.82. The molecule has 1 saturated heterocycles. The largest absolute Gasteiger partial charge is 0.490 e. The predicted molar refractivity (Wildman–Crippen MR) is 180 cm³/mol. The maximum Gasteiger partial charge on any atom is 0.416 e. The van der Waals surface area contributed by atoms with Gasteiger partial charge in [0.1, 0.15) is 5.25 Å². The number of imide groups is 1. The van der Waals surface area contributed by atoms with Gasteiger partial charge in [-0.25, -0.2) is 4.90 Å². The van der Waals surface area contributed by atoms with Crippen molar-refractivity contribution in [1.29, 1.82) is 0 Å². The number of halogens is 3. The van der Waals surface area contributed by atoms with Crippen molar-refractivity contribution in [2.75, 3.05) is 23.4 Å². The lowest BCUT2D eigenvalue weighted by molar-refractivity contribution is -0.137. The molecule has 1 aromatic heterocycles. The van der Waals surface area contributed by atoms with E-state index in [0.29, 0.717) is 21.2 Å². The standard InChI is InChI=1S/C35H26F3N3O6S2/c1-2-46-25-15-19(13-14-24(25)47-17-26(42)39-23-12-5-8-18-7-3-4-11-22(18)23)27-28-30(48-31-29(27)49-34(45)40-31)33(44)41(32(28)43)21-10-6-9-20(16-21)35(36,37)38/h3-16,27-28,30H,2,17H2,1H3,(H,39,42)(H,40,45). The average Bonchev–Trinajstić information content (AvgIpc) is 3.57. The number of H-pyrrole nitrogens is 1. The van der Waals surface area contributed by atoms with E-state index in [1.54, 1.807) is 31.2 Å². The van der Waals surface area contributed by atoms with Gasteiger partial charge in [0.25, 0.3) is 5.91 Å². The van der Waals surface area contributed by atoms with Crippen LogP contribution in [0.5, 0.6) is 11.5 Å². The Morgan fingerprint density at radius 1 is 0.918 bits per heavy atom. The van der Waals surface area contributed by atoms with Crippen LogP contribution in [0.4, 0.5) is 24.5 Å². The maximum absolute atomic E-state index is 14.0. The van der Waals surface area contributed by atoms with Gasteiger partial charge in [0, 0.05) is 21.9 Å². The van der Waals surface area contributed by atoms with Crippen LogP contribution in [-0.2, 0) is 20.6 Å². The van der Waals surface area contributed by atoms with Gasteiger partial charge in [0.05, 0.1) is 28.8 Å². The number of fused-ring (bicyclic) bond motifs is 3. The topological polar surface area (TPSA) is 118 Å². The minimum Gasteiger partial charge on any atom is -0.490 e. The Kier molecular flexibility index (Phi) is 8.45. The molecule has 14 heteroatoms. The Labute approximate surface area is 285 Å². The highest BCUT2D eigenvalue weighted by molar-refractivity contribution is 8.00. The van der Waals surface area contributed by atoms with Crippen molar-refractivity contribution in [2.45, 2.75) is 29.3 Å². The van der Waals surface area contributed by atoms with Gasteiger partial charge in [-0.3, -0.25) is 19.2 Å². The quantitative estimate of drug-likeness (QED) is 0.170. The summed E-state index contributed by atoms with van der Waals surface area (Å²) in [7, 11) is 0. The molecular weight excluding hydrogens is 680 g/mol. The molecule has 2 N–H and O–H groups in total. The fourth-order valence-corrected chi connectivity index (χ4v) is 8.74. The first kappa shape index (κ1) is 32.5. The van der Waals surface area contributed by atoms with Crippen LogP contribution in [0.1, 0.15) is 28.8 Å². The molecule has 9 nitrogen and oxygen atoms in total. The number of nitrogens with one attached hydrogen (secondary N) is 2.